The number of amides is 1. The van der Waals surface area contributed by atoms with Crippen LogP contribution in [0.25, 0.3) is 0 Å². The Bertz CT molecular complexity index is 710. The number of rotatable bonds is 8. The lowest BCUT2D eigenvalue weighted by molar-refractivity contribution is -0.118. The van der Waals surface area contributed by atoms with Crippen LogP contribution in [0, 0.1) is 0 Å². The van der Waals surface area contributed by atoms with Crippen molar-refractivity contribution in [2.45, 2.75) is 13.5 Å². The van der Waals surface area contributed by atoms with E-state index in [0.717, 1.165) is 44.3 Å². The highest BCUT2D eigenvalue weighted by Gasteiger charge is 2.11. The van der Waals surface area contributed by atoms with Gasteiger partial charge < -0.3 is 19.5 Å². The molecule has 1 N–H and O–H groups in total. The van der Waals surface area contributed by atoms with E-state index < -0.39 is 0 Å². The molecule has 1 fully saturated rings. The maximum atomic E-state index is 12.1. The second kappa shape index (κ2) is 9.94. The minimum atomic E-state index is -0.190. The summed E-state index contributed by atoms with van der Waals surface area (Å²) in [6.45, 7) is 6.92. The van der Waals surface area contributed by atoms with Gasteiger partial charge in [-0.3, -0.25) is 9.69 Å². The molecule has 6 nitrogen and oxygen atoms in total. The van der Waals surface area contributed by atoms with Gasteiger partial charge in [0.1, 0.15) is 11.5 Å². The van der Waals surface area contributed by atoms with Crippen molar-refractivity contribution >= 4 is 11.6 Å². The van der Waals surface area contributed by atoms with Crippen molar-refractivity contribution < 1.29 is 19.0 Å². The number of morpholine rings is 1. The molecule has 1 saturated heterocycles. The number of nitrogens with one attached hydrogen (secondary N) is 1. The van der Waals surface area contributed by atoms with Gasteiger partial charge in [-0.2, -0.15) is 0 Å². The second-order valence-corrected chi connectivity index (χ2v) is 6.33. The van der Waals surface area contributed by atoms with Gasteiger partial charge >= 0.3 is 0 Å². The molecule has 0 aromatic heterocycles. The monoisotopic (exact) mass is 370 g/mol. The van der Waals surface area contributed by atoms with Gasteiger partial charge in [-0.05, 0) is 48.9 Å². The van der Waals surface area contributed by atoms with Crippen molar-refractivity contribution in [3.8, 4) is 11.5 Å². The number of nitrogens with zero attached hydrogens (tertiary/aromatic N) is 1. The minimum absolute atomic E-state index is 0.0382. The lowest BCUT2D eigenvalue weighted by atomic mass is 10.2. The van der Waals surface area contributed by atoms with Crippen LogP contribution in [0.15, 0.2) is 48.5 Å². The third-order valence-corrected chi connectivity index (χ3v) is 4.25. The first kappa shape index (κ1) is 19.2. The fourth-order valence-electron chi connectivity index (χ4n) is 2.86. The Labute approximate surface area is 160 Å². The molecule has 1 aliphatic heterocycles. The van der Waals surface area contributed by atoms with Gasteiger partial charge in [-0.1, -0.05) is 12.1 Å². The largest absolute Gasteiger partial charge is 0.494 e. The topological polar surface area (TPSA) is 60.0 Å². The smallest absolute Gasteiger partial charge is 0.262 e. The highest BCUT2D eigenvalue weighted by atomic mass is 16.5. The molecule has 0 radical (unpaired) electrons. The Balaban J connectivity index is 1.43. The summed E-state index contributed by atoms with van der Waals surface area (Å²) in [5, 5.41) is 2.85. The predicted molar refractivity (Wildman–Crippen MR) is 104 cm³/mol. The van der Waals surface area contributed by atoms with Crippen LogP contribution in [-0.2, 0) is 16.1 Å². The zero-order valence-corrected chi connectivity index (χ0v) is 15.6. The normalized spacial score (nSPS) is 14.6. The zero-order chi connectivity index (χ0) is 18.9. The van der Waals surface area contributed by atoms with E-state index in [9.17, 15) is 4.79 Å². The van der Waals surface area contributed by atoms with Crippen molar-refractivity contribution in [3.63, 3.8) is 0 Å². The zero-order valence-electron chi connectivity index (χ0n) is 15.6. The highest BCUT2D eigenvalue weighted by molar-refractivity contribution is 5.91. The first-order chi connectivity index (χ1) is 13.2. The van der Waals surface area contributed by atoms with Crippen molar-refractivity contribution in [1.82, 2.24) is 4.90 Å². The molecule has 2 aromatic carbocycles. The molecule has 1 aliphatic rings. The average molecular weight is 370 g/mol. The molecule has 6 heteroatoms. The predicted octanol–water partition coefficient (Wildman–Crippen LogP) is 2.94. The molecule has 0 aliphatic carbocycles. The highest BCUT2D eigenvalue weighted by Crippen LogP contribution is 2.18. The van der Waals surface area contributed by atoms with Crippen molar-refractivity contribution in [1.29, 1.82) is 0 Å². The lowest BCUT2D eigenvalue weighted by Crippen LogP contribution is -2.35. The van der Waals surface area contributed by atoms with E-state index in [4.69, 9.17) is 14.2 Å². The third-order valence-electron chi connectivity index (χ3n) is 4.25. The third kappa shape index (κ3) is 6.27. The Kier molecular flexibility index (Phi) is 7.07. The summed E-state index contributed by atoms with van der Waals surface area (Å²) in [5.41, 5.74) is 1.99. The number of benzene rings is 2. The first-order valence-electron chi connectivity index (χ1n) is 9.27. The van der Waals surface area contributed by atoms with Gasteiger partial charge in [0.25, 0.3) is 5.91 Å². The molecule has 0 unspecified atom stereocenters. The molecular weight excluding hydrogens is 344 g/mol. The van der Waals surface area contributed by atoms with Gasteiger partial charge in [0.05, 0.1) is 19.8 Å². The SMILES string of the molecule is CCOc1ccc(OCC(=O)Nc2ccc(CN3CCOCC3)cc2)cc1. The van der Waals surface area contributed by atoms with Gasteiger partial charge in [0.15, 0.2) is 6.61 Å². The van der Waals surface area contributed by atoms with E-state index in [1.807, 2.05) is 43.3 Å². The summed E-state index contributed by atoms with van der Waals surface area (Å²) in [6.07, 6.45) is 0. The van der Waals surface area contributed by atoms with Crippen LogP contribution in [0.3, 0.4) is 0 Å². The molecule has 2 aromatic rings. The van der Waals surface area contributed by atoms with E-state index in [-0.39, 0.29) is 12.5 Å². The van der Waals surface area contributed by atoms with Crippen LogP contribution in [0.5, 0.6) is 11.5 Å². The molecule has 1 heterocycles. The molecule has 27 heavy (non-hydrogen) atoms. The van der Waals surface area contributed by atoms with Crippen LogP contribution >= 0.6 is 0 Å². The number of hydrogen-bond acceptors (Lipinski definition) is 5. The summed E-state index contributed by atoms with van der Waals surface area (Å²) in [5.74, 6) is 1.23. The number of anilines is 1. The quantitative estimate of drug-likeness (QED) is 0.774. The summed E-state index contributed by atoms with van der Waals surface area (Å²) < 4.78 is 16.3. The number of carbonyl (C=O) groups is 1. The molecule has 3 rings (SSSR count). The molecule has 144 valence electrons. The van der Waals surface area contributed by atoms with Crippen molar-refractivity contribution in [2.24, 2.45) is 0 Å². The van der Waals surface area contributed by atoms with Crippen molar-refractivity contribution in [2.75, 3.05) is 44.8 Å². The number of carbonyl (C=O) groups excluding carboxylic acids is 1. The van der Waals surface area contributed by atoms with Gasteiger partial charge in [-0.25, -0.2) is 0 Å². The molecular formula is C21H26N2O4. The molecule has 1 amide bonds. The minimum Gasteiger partial charge on any atom is -0.494 e. The number of hydrogen-bond donors (Lipinski definition) is 1. The molecule has 0 spiro atoms. The first-order valence-corrected chi connectivity index (χ1v) is 9.27. The van der Waals surface area contributed by atoms with Crippen molar-refractivity contribution in [3.05, 3.63) is 54.1 Å². The van der Waals surface area contributed by atoms with E-state index in [1.165, 1.54) is 5.56 Å². The molecule has 0 saturated carbocycles. The Morgan fingerprint density at radius 1 is 1.00 bits per heavy atom. The van der Waals surface area contributed by atoms with E-state index in [0.29, 0.717) is 12.4 Å². The van der Waals surface area contributed by atoms with E-state index in [1.54, 1.807) is 12.1 Å². The average Bonchev–Trinajstić information content (AvgIpc) is 2.70. The van der Waals surface area contributed by atoms with Crippen LogP contribution in [-0.4, -0.2) is 50.3 Å². The van der Waals surface area contributed by atoms with Gasteiger partial charge in [-0.15, -0.1) is 0 Å². The summed E-state index contributed by atoms with van der Waals surface area (Å²) in [4.78, 5) is 14.4. The van der Waals surface area contributed by atoms with Gasteiger partial charge in [0, 0.05) is 25.3 Å². The molecule has 0 atom stereocenters. The van der Waals surface area contributed by atoms with E-state index in [2.05, 4.69) is 10.2 Å². The second-order valence-electron chi connectivity index (χ2n) is 6.33. The van der Waals surface area contributed by atoms with E-state index >= 15 is 0 Å². The fraction of sp³-hybridized carbons (Fsp3) is 0.381. The maximum absolute atomic E-state index is 12.1. The summed E-state index contributed by atoms with van der Waals surface area (Å²) >= 11 is 0. The Morgan fingerprint density at radius 3 is 2.26 bits per heavy atom. The van der Waals surface area contributed by atoms with Gasteiger partial charge in [0.2, 0.25) is 0 Å². The van der Waals surface area contributed by atoms with Crippen LogP contribution in [0.1, 0.15) is 12.5 Å². The maximum Gasteiger partial charge on any atom is 0.262 e. The Hall–Kier alpha value is -2.57. The fourth-order valence-corrected chi connectivity index (χ4v) is 2.86. The molecule has 0 bridgehead atoms. The van der Waals surface area contributed by atoms with Crippen LogP contribution < -0.4 is 14.8 Å². The summed E-state index contributed by atoms with van der Waals surface area (Å²) in [6, 6.07) is 15.1. The lowest BCUT2D eigenvalue weighted by Gasteiger charge is -2.26. The number of ether oxygens (including phenoxy) is 3. The standard InChI is InChI=1S/C21H26N2O4/c1-2-26-19-7-9-20(10-8-19)27-16-21(24)22-18-5-3-17(4-6-18)15-23-11-13-25-14-12-23/h3-10H,2,11-16H2,1H3,(H,22,24). The van der Waals surface area contributed by atoms with Crippen LogP contribution in [0.4, 0.5) is 5.69 Å². The summed E-state index contributed by atoms with van der Waals surface area (Å²) in [7, 11) is 0. The Morgan fingerprint density at radius 2 is 1.63 bits per heavy atom. The van der Waals surface area contributed by atoms with Crippen LogP contribution in [0.2, 0.25) is 0 Å².